The van der Waals surface area contributed by atoms with Gasteiger partial charge in [0.15, 0.2) is 17.3 Å². The zero-order valence-electron chi connectivity index (χ0n) is 52.5. The Bertz CT molecular complexity index is 2520. The van der Waals surface area contributed by atoms with E-state index in [-0.39, 0.29) is 71.5 Å². The second kappa shape index (κ2) is 47.7. The predicted molar refractivity (Wildman–Crippen MR) is 348 cm³/mol. The molecule has 15 nitrogen and oxygen atoms in total. The molecule has 4 amide bonds. The van der Waals surface area contributed by atoms with Crippen LogP contribution in [0.1, 0.15) is 108 Å². The fraction of sp³-hybridized carbons (Fsp3) is 0.406. The summed E-state index contributed by atoms with van der Waals surface area (Å²) >= 11 is 0. The Balaban J connectivity index is -0.000000976. The molecule has 0 saturated carbocycles. The molecule has 86 heavy (non-hydrogen) atoms. The molecule has 3 N–H and O–H groups in total. The highest BCUT2D eigenvalue weighted by Crippen LogP contribution is 2.43. The Morgan fingerprint density at radius 2 is 0.930 bits per heavy atom. The van der Waals surface area contributed by atoms with Crippen LogP contribution in [0.2, 0.25) is 0 Å². The lowest BCUT2D eigenvalue weighted by molar-refractivity contribution is -0.131. The molecule has 17 heteroatoms. The Hall–Kier alpha value is -7.49. The molecule has 0 aliphatic carbocycles. The minimum absolute atomic E-state index is 0. The van der Waals surface area contributed by atoms with Crippen LogP contribution in [0.5, 0.6) is 0 Å². The summed E-state index contributed by atoms with van der Waals surface area (Å²) in [5, 5.41) is 30.1. The zero-order valence-corrected chi connectivity index (χ0v) is 53.4. The van der Waals surface area contributed by atoms with Crippen molar-refractivity contribution in [3.63, 3.8) is 0 Å². The van der Waals surface area contributed by atoms with Gasteiger partial charge in [0.2, 0.25) is 11.8 Å². The number of aliphatic hydroxyl groups excluding tert-OH is 3. The van der Waals surface area contributed by atoms with Crippen LogP contribution < -0.4 is 20.6 Å². The van der Waals surface area contributed by atoms with Gasteiger partial charge in [0.05, 0.1) is 30.7 Å². The molecular formula is C69H97FN2O13P-. The number of halogens is 1. The molecule has 3 aromatic carbocycles. The number of ketones is 3. The number of cyclic esters (lactones) is 2. The van der Waals surface area contributed by atoms with E-state index in [1.54, 1.807) is 32.1 Å². The van der Waals surface area contributed by atoms with Gasteiger partial charge in [-0.15, -0.1) is 32.9 Å². The van der Waals surface area contributed by atoms with Gasteiger partial charge in [-0.3, -0.25) is 24.0 Å². The van der Waals surface area contributed by atoms with Crippen LogP contribution >= 0.6 is 6.89 Å². The molecule has 2 saturated heterocycles. The van der Waals surface area contributed by atoms with E-state index in [9.17, 15) is 43.5 Å². The second-order valence-electron chi connectivity index (χ2n) is 20.8. The van der Waals surface area contributed by atoms with Crippen LogP contribution in [0.3, 0.4) is 0 Å². The normalized spacial score (nSPS) is 15.5. The first-order chi connectivity index (χ1) is 40.2. The van der Waals surface area contributed by atoms with Gasteiger partial charge in [-0.2, -0.15) is 0 Å². The summed E-state index contributed by atoms with van der Waals surface area (Å²) in [7, 11) is 0. The van der Waals surface area contributed by atoms with Gasteiger partial charge in [0.1, 0.15) is 19.5 Å². The summed E-state index contributed by atoms with van der Waals surface area (Å²) in [6.07, 6.45) is 15.7. The van der Waals surface area contributed by atoms with E-state index in [1.165, 1.54) is 52.9 Å². The second-order valence-corrected chi connectivity index (χ2v) is 24.0. The van der Waals surface area contributed by atoms with Crippen molar-refractivity contribution in [3.05, 3.63) is 179 Å². The minimum atomic E-state index is -2.08. The summed E-state index contributed by atoms with van der Waals surface area (Å²) in [4.78, 5) is 90.0. The third-order valence-electron chi connectivity index (χ3n) is 12.6. The number of hydrogen-bond acceptors (Lipinski definition) is 13. The third kappa shape index (κ3) is 33.9. The summed E-state index contributed by atoms with van der Waals surface area (Å²) in [6, 6.07) is 30.8. The highest BCUT2D eigenvalue weighted by molar-refractivity contribution is 7.95. The maximum Gasteiger partial charge on any atom is 0.416 e. The van der Waals surface area contributed by atoms with Crippen molar-refractivity contribution in [2.45, 2.75) is 133 Å². The largest absolute Gasteiger partial charge is 1.00 e. The van der Waals surface area contributed by atoms with E-state index in [2.05, 4.69) is 76.2 Å². The summed E-state index contributed by atoms with van der Waals surface area (Å²) in [5.41, 5.74) is 0. The van der Waals surface area contributed by atoms with E-state index < -0.39 is 37.2 Å². The monoisotopic (exact) mass is 1210 g/mol. The van der Waals surface area contributed by atoms with Gasteiger partial charge in [0.25, 0.3) is 0 Å². The Morgan fingerprint density at radius 1 is 0.558 bits per heavy atom. The first kappa shape index (κ1) is 82.7. The van der Waals surface area contributed by atoms with Gasteiger partial charge >= 0.3 is 12.2 Å². The number of aldehydes is 1. The van der Waals surface area contributed by atoms with E-state index in [0.29, 0.717) is 37.2 Å². The number of rotatable bonds is 23. The van der Waals surface area contributed by atoms with Crippen molar-refractivity contribution < 1.29 is 67.9 Å². The molecular weight excluding hydrogens is 1110 g/mol. The Morgan fingerprint density at radius 3 is 1.22 bits per heavy atom. The van der Waals surface area contributed by atoms with E-state index in [1.807, 2.05) is 120 Å². The molecule has 2 heterocycles. The van der Waals surface area contributed by atoms with E-state index >= 15 is 0 Å². The topological polar surface area (TPSA) is 222 Å². The van der Waals surface area contributed by atoms with Crippen LogP contribution in [0.25, 0.3) is 0 Å². The van der Waals surface area contributed by atoms with Gasteiger partial charge in [0, 0.05) is 20.0 Å². The molecule has 5 rings (SSSR count). The maximum absolute atomic E-state index is 12.2. The van der Waals surface area contributed by atoms with Crippen LogP contribution in [-0.4, -0.2) is 123 Å². The fourth-order valence-corrected chi connectivity index (χ4v) is 11.2. The molecule has 0 aromatic heterocycles. The number of carbonyl (C=O) groups excluding carboxylic acids is 8. The van der Waals surface area contributed by atoms with Crippen molar-refractivity contribution in [1.29, 1.82) is 0 Å². The van der Waals surface area contributed by atoms with Crippen molar-refractivity contribution >= 4 is 76.2 Å². The number of imide groups is 2. The number of Topliss-reactive ketones (excluding diaryl/α,β-unsaturated/α-hetero) is 1. The Kier molecular flexibility index (Phi) is 45.9. The number of ether oxygens (including phenoxy) is 2. The number of allylic oxidation sites excluding steroid dienone is 6. The molecule has 0 spiro atoms. The van der Waals surface area contributed by atoms with Crippen molar-refractivity contribution in [3.8, 4) is 0 Å². The molecule has 474 valence electrons. The molecule has 0 bridgehead atoms. The predicted octanol–water partition coefficient (Wildman–Crippen LogP) is 8.31. The number of aliphatic hydroxyl groups is 3. The number of benzene rings is 3. The zero-order chi connectivity index (χ0) is 65.1. The third-order valence-corrected chi connectivity index (χ3v) is 16.7. The lowest BCUT2D eigenvalue weighted by Crippen LogP contribution is -3.00. The van der Waals surface area contributed by atoms with Crippen LogP contribution in [-0.2, 0) is 38.2 Å². The van der Waals surface area contributed by atoms with E-state index in [0.717, 1.165) is 24.0 Å². The lowest BCUT2D eigenvalue weighted by Gasteiger charge is -2.28. The molecule has 3 aromatic rings. The van der Waals surface area contributed by atoms with Gasteiger partial charge in [-0.1, -0.05) is 182 Å². The summed E-state index contributed by atoms with van der Waals surface area (Å²) in [5.74, 6) is 3.15. The maximum atomic E-state index is 12.2. The van der Waals surface area contributed by atoms with Crippen LogP contribution in [0, 0.1) is 29.6 Å². The average Bonchev–Trinajstić information content (AvgIpc) is 2.29. The molecule has 7 atom stereocenters. The SMILES string of the molecule is C=C[C@@H](C)C/C=C/C(C)=O.C=C[C@@H](C)CC=O.C=C[C@@H](C)CCO.C=C[C@@H](O)C/C=C/C(C)=O.C=C[C@@H](O)CC(=O)N1C(=O)OC[C@@H]1C(C)C.CC(=O)C=P(c1ccccc1)(c1ccccc1)c1ccccc1.CC(=O)N1C(=O)OC[C@@H]1C(C)C.[F-]. The number of carbonyl (C=O) groups is 8. The average molecular weight is 1210 g/mol. The number of amides is 4. The summed E-state index contributed by atoms with van der Waals surface area (Å²) < 4.78 is 9.60. The van der Waals surface area contributed by atoms with Crippen molar-refractivity contribution in [2.75, 3.05) is 19.8 Å². The molecule has 2 fully saturated rings. The van der Waals surface area contributed by atoms with Crippen molar-refractivity contribution in [1.82, 2.24) is 9.80 Å². The molecule has 2 aliphatic heterocycles. The van der Waals surface area contributed by atoms with Crippen LogP contribution in [0.4, 0.5) is 9.59 Å². The quantitative estimate of drug-likeness (QED) is 0.0352. The van der Waals surface area contributed by atoms with Crippen molar-refractivity contribution in [2.24, 2.45) is 29.6 Å². The van der Waals surface area contributed by atoms with E-state index in [4.69, 9.17) is 19.7 Å². The van der Waals surface area contributed by atoms with Crippen LogP contribution in [0.15, 0.2) is 179 Å². The highest BCUT2D eigenvalue weighted by Gasteiger charge is 2.40. The van der Waals surface area contributed by atoms with Gasteiger partial charge in [-0.05, 0) is 110 Å². The lowest BCUT2D eigenvalue weighted by atomic mass is 10.0. The van der Waals surface area contributed by atoms with Gasteiger partial charge in [-0.25, -0.2) is 19.4 Å². The standard InChI is InChI=1S/C21H19OP.C11H17NO4.C9H14O.C8H13NO3.C8H12O2.C6H12O.C6H10O.FH/c1-18(22)17-23(19-11-5-2-6-12-19,20-13-7-3-8-14-20)21-15-9-4-10-16-21;1-4-8(13)5-10(14)12-9(7(2)3)6-16-11(12)15;1-4-8(2)6-5-7-9(3)10;1-5(2)7-4-12-8(11)9(7)6(3)10;1-3-8(10)6-4-5-7(2)9;2*1-3-6(2)4-5-7;/h2-17H,1H3;4,7-9,13H,1,5-6H2,2-3H3;4-5,7-8H,1,6H2,2-3H3;5,7H,4H2,1-3H3;3-5,8,10H,1,6H2,2H3;3,6-7H,1,4-5H2,2H3;3,5-6H,1,4H2,2H3;1H/p-1/b;;7-5+;;5-4+;;;/t;8-,9-;8-;7-;8-;2*6-;/m.111111./s1. The highest BCUT2D eigenvalue weighted by atomic mass is 31.2. The molecule has 0 unspecified atom stereocenters. The smallest absolute Gasteiger partial charge is 0.416 e. The van der Waals surface area contributed by atoms with Gasteiger partial charge < -0.3 is 34.3 Å². The first-order valence-electron chi connectivity index (χ1n) is 28.4. The molecule has 2 aliphatic rings. The fourth-order valence-electron chi connectivity index (χ4n) is 7.38. The Labute approximate surface area is 512 Å². The summed E-state index contributed by atoms with van der Waals surface area (Å²) in [6.45, 7) is 36.1. The molecule has 0 radical (unpaired) electrons. The number of nitrogens with zero attached hydrogens (tertiary/aromatic N) is 2. The minimum Gasteiger partial charge on any atom is -1.00 e. The first-order valence-corrected chi connectivity index (χ1v) is 30.3. The number of hydrogen-bond donors (Lipinski definition) is 3.